The van der Waals surface area contributed by atoms with Gasteiger partial charge in [0.25, 0.3) is 0 Å². The van der Waals surface area contributed by atoms with Crippen molar-refractivity contribution in [3.05, 3.63) is 0 Å². The molecule has 4 heterocycles. The van der Waals surface area contributed by atoms with Gasteiger partial charge in [-0.1, -0.05) is 69.2 Å². The number of ether oxygens (including phenoxy) is 7. The van der Waals surface area contributed by atoms with Crippen LogP contribution in [0.15, 0.2) is 0 Å². The van der Waals surface area contributed by atoms with E-state index >= 15 is 0 Å². The summed E-state index contributed by atoms with van der Waals surface area (Å²) in [7, 11) is 0. The molecular formula is C35H64Ac2O10. The van der Waals surface area contributed by atoms with E-state index in [1.807, 2.05) is 41.5 Å². The minimum atomic E-state index is -0.912. The Morgan fingerprint density at radius 2 is 0.766 bits per heavy atom. The molecule has 0 spiro atoms. The first-order chi connectivity index (χ1) is 21.3. The van der Waals surface area contributed by atoms with Gasteiger partial charge in [-0.15, -0.1) is 0 Å². The molecule has 12 heteroatoms. The summed E-state index contributed by atoms with van der Waals surface area (Å²) >= 11 is 0. The summed E-state index contributed by atoms with van der Waals surface area (Å²) < 4.78 is 45.2. The Kier molecular flexibility index (Phi) is 19.7. The van der Waals surface area contributed by atoms with Crippen molar-refractivity contribution >= 4 is 0 Å². The molecule has 0 aliphatic carbocycles. The molecule has 0 bridgehead atoms. The Morgan fingerprint density at radius 1 is 0.404 bits per heavy atom. The van der Waals surface area contributed by atoms with Crippen molar-refractivity contribution in [1.82, 2.24) is 0 Å². The number of aliphatic hydroxyl groups is 3. The van der Waals surface area contributed by atoms with Gasteiger partial charge in [0, 0.05) is 112 Å². The standard InChI is InChI=1S/C35H64O10.2Ac/c1-12-23-28(37)16(5)18(7)33(40-23)44-32-21(10)29(38)35(42-26(32)15-4)45-30-17(6)19(8)34(41-25(30)14-3)43-31-20(9)27(36)22(11)39-24(31)13-2;;/h16-38H,12-15H2,1-11H3;;/t16?,17-,18?,19?,20-,21?,22+,23?,24?,25?,26?,27?,28+,29?,30-,31-,32+,33-,34+,35-;;/m1../s1. The van der Waals surface area contributed by atoms with Gasteiger partial charge in [0.1, 0.15) is 6.10 Å². The maximum atomic E-state index is 11.5. The zero-order chi connectivity index (χ0) is 33.3. The van der Waals surface area contributed by atoms with E-state index < -0.39 is 37.2 Å². The van der Waals surface area contributed by atoms with E-state index in [1.165, 1.54) is 0 Å². The molecule has 47 heavy (non-hydrogen) atoms. The van der Waals surface area contributed by atoms with E-state index in [0.29, 0.717) is 19.3 Å². The molecular weight excluding hydrogens is 1030 g/mol. The summed E-state index contributed by atoms with van der Waals surface area (Å²) in [4.78, 5) is 0. The minimum Gasteiger partial charge on any atom is -0.390 e. The molecule has 4 saturated heterocycles. The Labute approximate surface area is 355 Å². The van der Waals surface area contributed by atoms with Crippen LogP contribution in [0.5, 0.6) is 0 Å². The fraction of sp³-hybridized carbons (Fsp3) is 1.00. The van der Waals surface area contributed by atoms with Crippen molar-refractivity contribution < 1.29 is 137 Å². The predicted octanol–water partition coefficient (Wildman–Crippen LogP) is 4.64. The average Bonchev–Trinajstić information content (AvgIpc) is 3.03. The smallest absolute Gasteiger partial charge is 0.184 e. The number of aliphatic hydroxyl groups excluding tert-OH is 3. The Balaban J connectivity index is 0.00000384. The van der Waals surface area contributed by atoms with Crippen LogP contribution in [0, 0.1) is 124 Å². The van der Waals surface area contributed by atoms with Crippen molar-refractivity contribution in [1.29, 1.82) is 0 Å². The third-order valence-corrected chi connectivity index (χ3v) is 11.7. The third kappa shape index (κ3) is 9.97. The molecule has 3 N–H and O–H groups in total. The van der Waals surface area contributed by atoms with Crippen LogP contribution in [0.3, 0.4) is 0 Å². The molecule has 0 saturated carbocycles. The molecule has 10 unspecified atom stereocenters. The molecule has 4 aliphatic rings. The van der Waals surface area contributed by atoms with Gasteiger partial charge in [0.15, 0.2) is 18.9 Å². The molecule has 4 rings (SSSR count). The predicted molar refractivity (Wildman–Crippen MR) is 169 cm³/mol. The molecule has 0 aromatic heterocycles. The van der Waals surface area contributed by atoms with Crippen molar-refractivity contribution in [2.75, 3.05) is 0 Å². The van der Waals surface area contributed by atoms with Gasteiger partial charge in [0.05, 0.1) is 61.0 Å². The van der Waals surface area contributed by atoms with Gasteiger partial charge in [-0.25, -0.2) is 0 Å². The summed E-state index contributed by atoms with van der Waals surface area (Å²) in [5, 5.41) is 32.9. The summed E-state index contributed by atoms with van der Waals surface area (Å²) in [6, 6.07) is 0. The first kappa shape index (κ1) is 45.6. The molecule has 0 aromatic carbocycles. The Hall–Kier alpha value is 2.48. The number of hydrogen-bond acceptors (Lipinski definition) is 10. The average molecular weight is 1100 g/mol. The van der Waals surface area contributed by atoms with E-state index in [2.05, 4.69) is 34.6 Å². The third-order valence-electron chi connectivity index (χ3n) is 11.7. The number of hydrogen-bond donors (Lipinski definition) is 3. The first-order valence-electron chi connectivity index (χ1n) is 17.9. The van der Waals surface area contributed by atoms with Gasteiger partial charge in [-0.3, -0.25) is 0 Å². The van der Waals surface area contributed by atoms with Crippen LogP contribution < -0.4 is 0 Å². The minimum absolute atomic E-state index is 0. The Morgan fingerprint density at radius 3 is 1.26 bits per heavy atom. The van der Waals surface area contributed by atoms with Crippen LogP contribution >= 0.6 is 0 Å². The monoisotopic (exact) mass is 1100 g/mol. The maximum Gasteiger partial charge on any atom is 0.184 e. The van der Waals surface area contributed by atoms with E-state index in [1.54, 1.807) is 0 Å². The zero-order valence-corrected chi connectivity index (χ0v) is 40.2. The summed E-state index contributed by atoms with van der Waals surface area (Å²) in [6.07, 6.45) is -3.15. The van der Waals surface area contributed by atoms with Crippen molar-refractivity contribution in [3.63, 3.8) is 0 Å². The van der Waals surface area contributed by atoms with Gasteiger partial charge in [0.2, 0.25) is 0 Å². The van der Waals surface area contributed by atoms with E-state index in [4.69, 9.17) is 33.2 Å². The molecule has 0 aromatic rings. The van der Waals surface area contributed by atoms with Crippen LogP contribution in [-0.2, 0) is 33.2 Å². The quantitative estimate of drug-likeness (QED) is 0.285. The van der Waals surface area contributed by atoms with E-state index in [0.717, 1.165) is 6.42 Å². The topological polar surface area (TPSA) is 125 Å². The largest absolute Gasteiger partial charge is 0.390 e. The molecule has 2 radical (unpaired) electrons. The molecule has 270 valence electrons. The van der Waals surface area contributed by atoms with E-state index in [-0.39, 0.29) is 172 Å². The van der Waals surface area contributed by atoms with Crippen LogP contribution in [0.4, 0.5) is 0 Å². The van der Waals surface area contributed by atoms with Gasteiger partial charge in [-0.05, 0) is 44.4 Å². The second kappa shape index (κ2) is 20.2. The fourth-order valence-corrected chi connectivity index (χ4v) is 7.89. The SMILES string of the molecule is CCC1O[C@H](O[C@@H]2C(CC)O[C@H](O[C@H]3C(CC)O[C@@H](O[C@H]4C(CC)O[C@@H](C)C(O)[C@H]4C)C(C)[C@H]3C)C(O)C2C)C(C)C(C)[C@@H]1O.[Ac].[Ac]. The summed E-state index contributed by atoms with van der Waals surface area (Å²) in [5.41, 5.74) is 0. The number of rotatable bonds is 10. The van der Waals surface area contributed by atoms with Crippen LogP contribution in [0.2, 0.25) is 0 Å². The van der Waals surface area contributed by atoms with Crippen LogP contribution in [-0.4, -0.2) is 101 Å². The van der Waals surface area contributed by atoms with Crippen LogP contribution in [0.25, 0.3) is 0 Å². The first-order valence-corrected chi connectivity index (χ1v) is 17.9. The van der Waals surface area contributed by atoms with Crippen molar-refractivity contribution in [2.24, 2.45) is 35.5 Å². The fourth-order valence-electron chi connectivity index (χ4n) is 7.89. The van der Waals surface area contributed by atoms with Crippen molar-refractivity contribution in [2.45, 2.75) is 188 Å². The molecule has 20 atom stereocenters. The second-order valence-electron chi connectivity index (χ2n) is 14.6. The Bertz CT molecular complexity index is 912. The van der Waals surface area contributed by atoms with Gasteiger partial charge >= 0.3 is 0 Å². The molecule has 10 nitrogen and oxygen atoms in total. The molecule has 0 amide bonds. The van der Waals surface area contributed by atoms with Crippen LogP contribution in [0.1, 0.15) is 102 Å². The maximum absolute atomic E-state index is 11.5. The summed E-state index contributed by atoms with van der Waals surface area (Å²) in [6.45, 7) is 22.5. The normalized spacial score (nSPS) is 50.7. The van der Waals surface area contributed by atoms with E-state index in [9.17, 15) is 15.3 Å². The molecule has 4 aliphatic heterocycles. The van der Waals surface area contributed by atoms with Gasteiger partial charge < -0.3 is 48.5 Å². The summed E-state index contributed by atoms with van der Waals surface area (Å²) in [5.74, 6) is -0.304. The zero-order valence-electron chi connectivity index (χ0n) is 30.7. The molecule has 4 fully saturated rings. The van der Waals surface area contributed by atoms with Gasteiger partial charge in [-0.2, -0.15) is 0 Å². The second-order valence-corrected chi connectivity index (χ2v) is 14.6. The van der Waals surface area contributed by atoms with Crippen molar-refractivity contribution in [3.8, 4) is 0 Å².